The van der Waals surface area contributed by atoms with Crippen molar-refractivity contribution >= 4 is 16.9 Å². The van der Waals surface area contributed by atoms with Gasteiger partial charge in [-0.1, -0.05) is 29.5 Å². The summed E-state index contributed by atoms with van der Waals surface area (Å²) in [5, 5.41) is 0.121. The van der Waals surface area contributed by atoms with Crippen LogP contribution in [0.2, 0.25) is 0 Å². The molecule has 0 spiro atoms. The number of rotatable bonds is 2. The van der Waals surface area contributed by atoms with Gasteiger partial charge in [-0.15, -0.1) is 29.8 Å². The summed E-state index contributed by atoms with van der Waals surface area (Å²) in [5.74, 6) is 0. The van der Waals surface area contributed by atoms with E-state index in [1.807, 2.05) is 66.7 Å². The maximum Gasteiger partial charge on any atom is 0.190 e. The fourth-order valence-electron chi connectivity index (χ4n) is 1.77. The molecule has 3 heteroatoms. The van der Waals surface area contributed by atoms with Gasteiger partial charge in [0.1, 0.15) is 0 Å². The SMILES string of the molecule is CC(=O)Sc1ccc(-[c-]2cccc2)cc1.[Fe].[cH-]1[cH-][cH-][cH-][cH-]1. The molecule has 0 aliphatic rings. The number of carbonyl (C=O) groups excluding carboxylic acids is 1. The maximum atomic E-state index is 10.9. The Morgan fingerprint density at radius 3 is 1.86 bits per heavy atom. The van der Waals surface area contributed by atoms with Gasteiger partial charge in [0, 0.05) is 28.9 Å². The molecule has 0 aliphatic heterocycles. The predicted octanol–water partition coefficient (Wildman–Crippen LogP) is 5.11. The molecule has 0 heterocycles. The van der Waals surface area contributed by atoms with Crippen molar-refractivity contribution in [1.29, 1.82) is 0 Å². The van der Waals surface area contributed by atoms with Crippen LogP contribution in [0.3, 0.4) is 0 Å². The van der Waals surface area contributed by atoms with E-state index < -0.39 is 0 Å². The van der Waals surface area contributed by atoms with Gasteiger partial charge in [0.2, 0.25) is 0 Å². The molecule has 0 saturated heterocycles. The van der Waals surface area contributed by atoms with Crippen molar-refractivity contribution in [3.8, 4) is 11.1 Å². The minimum Gasteiger partial charge on any atom is -0.748 e. The summed E-state index contributed by atoms with van der Waals surface area (Å²) in [4.78, 5) is 11.9. The molecule has 3 rings (SSSR count). The molecule has 21 heavy (non-hydrogen) atoms. The first kappa shape index (κ1) is 17.5. The van der Waals surface area contributed by atoms with Crippen LogP contribution in [0.25, 0.3) is 11.1 Å². The Labute approximate surface area is 140 Å². The molecular formula is C18H16FeOS-6. The minimum atomic E-state index is 0. The Morgan fingerprint density at radius 1 is 0.952 bits per heavy atom. The van der Waals surface area contributed by atoms with Crippen molar-refractivity contribution in [3.05, 3.63) is 78.9 Å². The van der Waals surface area contributed by atoms with Crippen molar-refractivity contribution in [2.24, 2.45) is 0 Å². The molecule has 0 bridgehead atoms. The minimum absolute atomic E-state index is 0. The van der Waals surface area contributed by atoms with Gasteiger partial charge in [-0.25, -0.2) is 0 Å². The molecule has 3 aromatic carbocycles. The van der Waals surface area contributed by atoms with Crippen LogP contribution in [-0.4, -0.2) is 5.12 Å². The summed E-state index contributed by atoms with van der Waals surface area (Å²) in [7, 11) is 0. The smallest absolute Gasteiger partial charge is 0.190 e. The Morgan fingerprint density at radius 2 is 1.43 bits per heavy atom. The van der Waals surface area contributed by atoms with Crippen LogP contribution in [0.15, 0.2) is 83.8 Å². The standard InChI is InChI=1S/C13H11OS.C5H5.Fe/c1-10(14)15-13-8-6-12(7-9-13)11-4-2-3-5-11;1-2-4-5-3-1;/h2-9H,1H3;1-5H;/q-1;-5;. The quantitative estimate of drug-likeness (QED) is 0.367. The summed E-state index contributed by atoms with van der Waals surface area (Å²) >= 11 is 1.27. The zero-order valence-electron chi connectivity index (χ0n) is 11.7. The van der Waals surface area contributed by atoms with Gasteiger partial charge < -0.3 is 30.3 Å². The largest absolute Gasteiger partial charge is 0.748 e. The molecule has 0 radical (unpaired) electrons. The topological polar surface area (TPSA) is 17.1 Å². The number of carbonyl (C=O) groups is 1. The van der Waals surface area contributed by atoms with E-state index in [0.717, 1.165) is 4.90 Å². The van der Waals surface area contributed by atoms with Crippen molar-refractivity contribution in [2.45, 2.75) is 11.8 Å². The Kier molecular flexibility index (Phi) is 7.84. The van der Waals surface area contributed by atoms with Crippen LogP contribution in [0.5, 0.6) is 0 Å². The van der Waals surface area contributed by atoms with Gasteiger partial charge in [-0.2, -0.15) is 12.1 Å². The third-order valence-corrected chi connectivity index (χ3v) is 3.46. The summed E-state index contributed by atoms with van der Waals surface area (Å²) in [6.07, 6.45) is 0. The summed E-state index contributed by atoms with van der Waals surface area (Å²) in [5.41, 5.74) is 2.40. The Hall–Kier alpha value is -1.54. The number of hydrogen-bond acceptors (Lipinski definition) is 2. The van der Waals surface area contributed by atoms with E-state index in [2.05, 4.69) is 12.1 Å². The van der Waals surface area contributed by atoms with E-state index in [1.54, 1.807) is 6.92 Å². The van der Waals surface area contributed by atoms with Crippen LogP contribution >= 0.6 is 11.8 Å². The normalized spacial score (nSPS) is 9.19. The van der Waals surface area contributed by atoms with E-state index in [-0.39, 0.29) is 22.2 Å². The summed E-state index contributed by atoms with van der Waals surface area (Å²) in [6, 6.07) is 26.2. The maximum absolute atomic E-state index is 10.9. The first-order chi connectivity index (χ1) is 9.75. The van der Waals surface area contributed by atoms with Crippen molar-refractivity contribution in [3.63, 3.8) is 0 Å². The Bertz CT molecular complexity index is 593. The van der Waals surface area contributed by atoms with E-state index in [1.165, 1.54) is 22.9 Å². The van der Waals surface area contributed by atoms with Gasteiger partial charge in [0.15, 0.2) is 5.12 Å². The summed E-state index contributed by atoms with van der Waals surface area (Å²) < 4.78 is 0. The molecule has 1 nitrogen and oxygen atoms in total. The average molecular weight is 336 g/mol. The van der Waals surface area contributed by atoms with E-state index in [9.17, 15) is 4.79 Å². The molecule has 0 aliphatic carbocycles. The van der Waals surface area contributed by atoms with Crippen molar-refractivity contribution in [2.75, 3.05) is 0 Å². The second-order valence-corrected chi connectivity index (χ2v) is 5.50. The zero-order valence-corrected chi connectivity index (χ0v) is 13.6. The second kappa shape index (κ2) is 9.41. The van der Waals surface area contributed by atoms with Crippen LogP contribution < -0.4 is 0 Å². The molecule has 0 fully saturated rings. The molecule has 0 amide bonds. The van der Waals surface area contributed by atoms with Gasteiger partial charge in [0.05, 0.1) is 0 Å². The van der Waals surface area contributed by atoms with Crippen molar-refractivity contribution < 1.29 is 21.9 Å². The molecule has 114 valence electrons. The Balaban J connectivity index is 0.000000313. The first-order valence-corrected chi connectivity index (χ1v) is 7.24. The van der Waals surface area contributed by atoms with E-state index in [4.69, 9.17) is 0 Å². The number of benzene rings is 1. The monoisotopic (exact) mass is 336 g/mol. The van der Waals surface area contributed by atoms with Gasteiger partial charge in [-0.3, -0.25) is 4.79 Å². The first-order valence-electron chi connectivity index (χ1n) is 6.43. The van der Waals surface area contributed by atoms with Gasteiger partial charge in [-0.05, 0) is 0 Å². The zero-order chi connectivity index (χ0) is 14.2. The second-order valence-electron chi connectivity index (χ2n) is 4.25. The molecule has 0 unspecified atom stereocenters. The van der Waals surface area contributed by atoms with E-state index in [0.29, 0.717) is 0 Å². The predicted molar refractivity (Wildman–Crippen MR) is 86.0 cm³/mol. The molecule has 3 aromatic rings. The molecule has 0 saturated carbocycles. The van der Waals surface area contributed by atoms with Gasteiger partial charge in [0.25, 0.3) is 0 Å². The molecule has 0 atom stereocenters. The summed E-state index contributed by atoms with van der Waals surface area (Å²) in [6.45, 7) is 1.58. The number of hydrogen-bond donors (Lipinski definition) is 0. The van der Waals surface area contributed by atoms with Crippen molar-refractivity contribution in [1.82, 2.24) is 0 Å². The molecule has 0 N–H and O–H groups in total. The third-order valence-electron chi connectivity index (χ3n) is 2.67. The van der Waals surface area contributed by atoms with Crippen LogP contribution in [0, 0.1) is 0 Å². The number of thioether (sulfide) groups is 1. The fraction of sp³-hybridized carbons (Fsp3) is 0.0556. The van der Waals surface area contributed by atoms with Crippen LogP contribution in [0.1, 0.15) is 6.92 Å². The van der Waals surface area contributed by atoms with Gasteiger partial charge >= 0.3 is 0 Å². The molecule has 0 aromatic heterocycles. The fourth-order valence-corrected chi connectivity index (χ4v) is 2.37. The average Bonchev–Trinajstić information content (AvgIpc) is 3.15. The molecular weight excluding hydrogens is 320 g/mol. The van der Waals surface area contributed by atoms with Crippen LogP contribution in [-0.2, 0) is 21.9 Å². The van der Waals surface area contributed by atoms with Crippen LogP contribution in [0.4, 0.5) is 0 Å². The third kappa shape index (κ3) is 6.17. The van der Waals surface area contributed by atoms with E-state index >= 15 is 0 Å².